The molecule has 0 saturated carbocycles. The third kappa shape index (κ3) is 5.40. The lowest BCUT2D eigenvalue weighted by Gasteiger charge is -2.33. The Balaban J connectivity index is 1.38. The van der Waals surface area contributed by atoms with Crippen LogP contribution in [-0.2, 0) is 16.6 Å². The first-order valence-corrected chi connectivity index (χ1v) is 12.9. The van der Waals surface area contributed by atoms with E-state index in [1.807, 2.05) is 45.0 Å². The molecule has 3 aromatic rings. The number of hydrogen-bond acceptors (Lipinski definition) is 8. The molecule has 10 heteroatoms. The molecule has 0 spiro atoms. The second kappa shape index (κ2) is 10.5. The maximum atomic E-state index is 13.2. The van der Waals surface area contributed by atoms with E-state index >= 15 is 0 Å². The van der Waals surface area contributed by atoms with Gasteiger partial charge in [-0.25, -0.2) is 8.42 Å². The molecule has 1 aliphatic heterocycles. The van der Waals surface area contributed by atoms with Crippen molar-refractivity contribution in [2.75, 3.05) is 39.4 Å². The number of aromatic nitrogens is 2. The van der Waals surface area contributed by atoms with Gasteiger partial charge in [-0.1, -0.05) is 35.0 Å². The van der Waals surface area contributed by atoms with Crippen molar-refractivity contribution in [3.8, 4) is 22.9 Å². The number of piperazine rings is 1. The Bertz CT molecular complexity index is 1200. The van der Waals surface area contributed by atoms with E-state index in [-0.39, 0.29) is 4.90 Å². The zero-order valence-electron chi connectivity index (χ0n) is 19.7. The molecule has 0 radical (unpaired) electrons. The van der Waals surface area contributed by atoms with E-state index in [1.54, 1.807) is 18.2 Å². The smallest absolute Gasteiger partial charge is 0.243 e. The highest BCUT2D eigenvalue weighted by Gasteiger charge is 2.30. The van der Waals surface area contributed by atoms with Crippen LogP contribution in [0.4, 0.5) is 0 Å². The van der Waals surface area contributed by atoms with Crippen molar-refractivity contribution < 1.29 is 22.4 Å². The largest absolute Gasteiger partial charge is 0.490 e. The van der Waals surface area contributed by atoms with Crippen LogP contribution in [0, 0.1) is 6.92 Å². The molecule has 9 nitrogen and oxygen atoms in total. The Kier molecular flexibility index (Phi) is 7.50. The van der Waals surface area contributed by atoms with E-state index in [2.05, 4.69) is 15.0 Å². The molecule has 0 atom stereocenters. The molecule has 2 aromatic carbocycles. The normalized spacial score (nSPS) is 15.4. The van der Waals surface area contributed by atoms with Gasteiger partial charge in [0.25, 0.3) is 0 Å². The Hall–Kier alpha value is -2.95. The topological polar surface area (TPSA) is 98.0 Å². The summed E-state index contributed by atoms with van der Waals surface area (Å²) in [5, 5.41) is 4.08. The minimum Gasteiger partial charge on any atom is -0.490 e. The molecule has 0 aliphatic carbocycles. The van der Waals surface area contributed by atoms with Gasteiger partial charge in [0.15, 0.2) is 11.5 Å². The SMILES string of the molecule is CCOc1ccc(S(=O)(=O)N2CCN(Cc3nc(-c4ccc(C)cc4)no3)CC2)cc1OCC. The maximum absolute atomic E-state index is 13.2. The van der Waals surface area contributed by atoms with Crippen LogP contribution in [0.5, 0.6) is 11.5 Å². The van der Waals surface area contributed by atoms with Gasteiger partial charge in [0.2, 0.25) is 21.7 Å². The number of benzene rings is 2. The van der Waals surface area contributed by atoms with Crippen molar-refractivity contribution in [1.82, 2.24) is 19.3 Å². The maximum Gasteiger partial charge on any atom is 0.243 e. The summed E-state index contributed by atoms with van der Waals surface area (Å²) in [5.74, 6) is 2.04. The van der Waals surface area contributed by atoms with Gasteiger partial charge in [-0.3, -0.25) is 4.90 Å². The first-order chi connectivity index (χ1) is 16.4. The molecule has 1 aromatic heterocycles. The highest BCUT2D eigenvalue weighted by atomic mass is 32.2. The van der Waals surface area contributed by atoms with E-state index < -0.39 is 10.0 Å². The van der Waals surface area contributed by atoms with Gasteiger partial charge in [-0.15, -0.1) is 0 Å². The van der Waals surface area contributed by atoms with E-state index in [0.29, 0.717) is 69.2 Å². The fraction of sp³-hybridized carbons (Fsp3) is 0.417. The highest BCUT2D eigenvalue weighted by molar-refractivity contribution is 7.89. The summed E-state index contributed by atoms with van der Waals surface area (Å²) < 4.78 is 44.5. The van der Waals surface area contributed by atoms with E-state index in [1.165, 1.54) is 9.87 Å². The molecule has 2 heterocycles. The molecule has 1 saturated heterocycles. The highest BCUT2D eigenvalue weighted by Crippen LogP contribution is 2.31. The van der Waals surface area contributed by atoms with Crippen molar-refractivity contribution in [2.45, 2.75) is 32.2 Å². The number of sulfonamides is 1. The number of ether oxygens (including phenoxy) is 2. The molecule has 182 valence electrons. The molecule has 1 fully saturated rings. The van der Waals surface area contributed by atoms with Gasteiger partial charge in [-0.05, 0) is 32.9 Å². The third-order valence-electron chi connectivity index (χ3n) is 5.62. The summed E-state index contributed by atoms with van der Waals surface area (Å²) in [6.45, 7) is 9.00. The minimum atomic E-state index is -3.65. The predicted octanol–water partition coefficient (Wildman–Crippen LogP) is 3.35. The molecule has 34 heavy (non-hydrogen) atoms. The number of hydrogen-bond donors (Lipinski definition) is 0. The zero-order valence-corrected chi connectivity index (χ0v) is 20.5. The predicted molar refractivity (Wildman–Crippen MR) is 127 cm³/mol. The number of rotatable bonds is 9. The summed E-state index contributed by atoms with van der Waals surface area (Å²) in [7, 11) is -3.65. The Morgan fingerprint density at radius 1 is 0.941 bits per heavy atom. The Morgan fingerprint density at radius 3 is 2.29 bits per heavy atom. The molecule has 0 bridgehead atoms. The van der Waals surface area contributed by atoms with Gasteiger partial charge in [0.1, 0.15) is 0 Å². The van der Waals surface area contributed by atoms with Crippen LogP contribution < -0.4 is 9.47 Å². The summed E-state index contributed by atoms with van der Waals surface area (Å²) in [6.07, 6.45) is 0. The first kappa shape index (κ1) is 24.2. The monoisotopic (exact) mass is 486 g/mol. The van der Waals surface area contributed by atoms with Crippen LogP contribution in [0.25, 0.3) is 11.4 Å². The van der Waals surface area contributed by atoms with Gasteiger partial charge < -0.3 is 14.0 Å². The summed E-state index contributed by atoms with van der Waals surface area (Å²) in [6, 6.07) is 12.7. The van der Waals surface area contributed by atoms with Crippen LogP contribution in [0.2, 0.25) is 0 Å². The average molecular weight is 487 g/mol. The van der Waals surface area contributed by atoms with E-state index in [9.17, 15) is 8.42 Å². The summed E-state index contributed by atoms with van der Waals surface area (Å²) in [4.78, 5) is 6.81. The van der Waals surface area contributed by atoms with Crippen LogP contribution in [0.3, 0.4) is 0 Å². The van der Waals surface area contributed by atoms with E-state index in [4.69, 9.17) is 14.0 Å². The lowest BCUT2D eigenvalue weighted by Crippen LogP contribution is -2.48. The fourth-order valence-electron chi connectivity index (χ4n) is 3.80. The van der Waals surface area contributed by atoms with Gasteiger partial charge in [0.05, 0.1) is 24.7 Å². The molecular formula is C24H30N4O5S. The van der Waals surface area contributed by atoms with Crippen molar-refractivity contribution in [3.05, 3.63) is 53.9 Å². The van der Waals surface area contributed by atoms with Crippen LogP contribution >= 0.6 is 0 Å². The minimum absolute atomic E-state index is 0.201. The van der Waals surface area contributed by atoms with Gasteiger partial charge >= 0.3 is 0 Å². The molecule has 0 unspecified atom stereocenters. The lowest BCUT2D eigenvalue weighted by atomic mass is 10.1. The van der Waals surface area contributed by atoms with Crippen molar-refractivity contribution in [1.29, 1.82) is 0 Å². The number of aryl methyl sites for hydroxylation is 1. The van der Waals surface area contributed by atoms with Crippen molar-refractivity contribution >= 4 is 10.0 Å². The fourth-order valence-corrected chi connectivity index (χ4v) is 5.24. The quantitative estimate of drug-likeness (QED) is 0.454. The second-order valence-electron chi connectivity index (χ2n) is 8.03. The summed E-state index contributed by atoms with van der Waals surface area (Å²) in [5.41, 5.74) is 2.07. The lowest BCUT2D eigenvalue weighted by molar-refractivity contribution is 0.163. The standard InChI is InChI=1S/C24H30N4O5S/c1-4-31-21-11-10-20(16-22(21)32-5-2)34(29,30)28-14-12-27(13-15-28)17-23-25-24(26-33-23)19-8-6-18(3)7-9-19/h6-11,16H,4-5,12-15,17H2,1-3H3. The van der Waals surface area contributed by atoms with Crippen LogP contribution in [0.1, 0.15) is 25.3 Å². The Labute approximate surface area is 200 Å². The molecule has 4 rings (SSSR count). The average Bonchev–Trinajstić information content (AvgIpc) is 3.29. The van der Waals surface area contributed by atoms with E-state index in [0.717, 1.165) is 5.56 Å². The van der Waals surface area contributed by atoms with Crippen molar-refractivity contribution in [3.63, 3.8) is 0 Å². The van der Waals surface area contributed by atoms with Crippen LogP contribution in [0.15, 0.2) is 51.9 Å². The molecule has 1 aliphatic rings. The van der Waals surface area contributed by atoms with Crippen molar-refractivity contribution in [2.24, 2.45) is 0 Å². The Morgan fingerprint density at radius 2 is 1.62 bits per heavy atom. The number of nitrogens with zero attached hydrogens (tertiary/aromatic N) is 4. The third-order valence-corrected chi connectivity index (χ3v) is 7.52. The van der Waals surface area contributed by atoms with Gasteiger partial charge in [0, 0.05) is 37.8 Å². The second-order valence-corrected chi connectivity index (χ2v) is 9.97. The van der Waals surface area contributed by atoms with Crippen LogP contribution in [-0.4, -0.2) is 67.2 Å². The summed E-state index contributed by atoms with van der Waals surface area (Å²) >= 11 is 0. The zero-order chi connectivity index (χ0) is 24.1. The first-order valence-electron chi connectivity index (χ1n) is 11.4. The molecule has 0 N–H and O–H groups in total. The molecule has 0 amide bonds. The van der Waals surface area contributed by atoms with Gasteiger partial charge in [-0.2, -0.15) is 9.29 Å². The molecular weight excluding hydrogens is 456 g/mol.